The van der Waals surface area contributed by atoms with Gasteiger partial charge < -0.3 is 13.7 Å². The number of furan rings is 1. The van der Waals surface area contributed by atoms with Crippen molar-refractivity contribution in [2.24, 2.45) is 0 Å². The van der Waals surface area contributed by atoms with Crippen molar-refractivity contribution in [2.45, 2.75) is 13.5 Å². The second kappa shape index (κ2) is 7.98. The third-order valence-electron chi connectivity index (χ3n) is 4.38. The van der Waals surface area contributed by atoms with Gasteiger partial charge in [-0.1, -0.05) is 53.2 Å². The Bertz CT molecular complexity index is 1140. The molecule has 144 valence electrons. The van der Waals surface area contributed by atoms with Gasteiger partial charge in [0, 0.05) is 17.2 Å². The van der Waals surface area contributed by atoms with Gasteiger partial charge in [0.15, 0.2) is 11.5 Å². The number of hydrogen-bond donors (Lipinski definition) is 0. The van der Waals surface area contributed by atoms with Gasteiger partial charge in [0.1, 0.15) is 12.3 Å². The molecular formula is C23H17NO5. The minimum atomic E-state index is -0.608. The smallest absolute Gasteiger partial charge is 0.339 e. The van der Waals surface area contributed by atoms with Crippen LogP contribution in [-0.4, -0.2) is 16.9 Å². The number of rotatable bonds is 6. The van der Waals surface area contributed by atoms with Crippen molar-refractivity contribution in [2.75, 3.05) is 0 Å². The van der Waals surface area contributed by atoms with Gasteiger partial charge in [-0.25, -0.2) is 4.79 Å². The summed E-state index contributed by atoms with van der Waals surface area (Å²) in [5.41, 5.74) is 2.49. The zero-order valence-corrected chi connectivity index (χ0v) is 15.6. The van der Waals surface area contributed by atoms with Crippen LogP contribution in [0.1, 0.15) is 37.5 Å². The third kappa shape index (κ3) is 4.01. The Morgan fingerprint density at radius 1 is 0.931 bits per heavy atom. The molecule has 0 spiro atoms. The molecule has 4 rings (SSSR count). The first-order valence-electron chi connectivity index (χ1n) is 8.99. The van der Waals surface area contributed by atoms with Crippen LogP contribution < -0.4 is 0 Å². The SMILES string of the molecule is Cc1ccc(C(=O)c2ccccc2C(=O)OCc2cc(-c3ccco3)on2)cc1. The second-order valence-corrected chi connectivity index (χ2v) is 6.48. The average Bonchev–Trinajstić information content (AvgIpc) is 3.44. The predicted octanol–water partition coefficient (Wildman–Crippen LogP) is 4.83. The molecule has 0 aliphatic rings. The van der Waals surface area contributed by atoms with Crippen LogP contribution in [0.2, 0.25) is 0 Å². The van der Waals surface area contributed by atoms with E-state index >= 15 is 0 Å². The minimum absolute atomic E-state index is 0.0872. The first kappa shape index (κ1) is 18.4. The normalized spacial score (nSPS) is 10.7. The monoisotopic (exact) mass is 387 g/mol. The minimum Gasteiger partial charge on any atom is -0.461 e. The summed E-state index contributed by atoms with van der Waals surface area (Å²) < 4.78 is 15.8. The number of ketones is 1. The maximum absolute atomic E-state index is 12.8. The van der Waals surface area contributed by atoms with E-state index in [0.717, 1.165) is 5.56 Å². The number of aryl methyl sites for hydroxylation is 1. The van der Waals surface area contributed by atoms with Gasteiger partial charge >= 0.3 is 5.97 Å². The van der Waals surface area contributed by atoms with Gasteiger partial charge in [0.2, 0.25) is 5.76 Å². The first-order valence-corrected chi connectivity index (χ1v) is 8.99. The van der Waals surface area contributed by atoms with Crippen molar-refractivity contribution in [3.8, 4) is 11.5 Å². The topological polar surface area (TPSA) is 82.5 Å². The molecule has 0 bridgehead atoms. The summed E-state index contributed by atoms with van der Waals surface area (Å²) >= 11 is 0. The molecule has 2 aromatic carbocycles. The van der Waals surface area contributed by atoms with Gasteiger partial charge in [-0.3, -0.25) is 4.79 Å². The number of carbonyl (C=O) groups excluding carboxylic acids is 2. The Labute approximate surface area is 166 Å². The third-order valence-corrected chi connectivity index (χ3v) is 4.38. The van der Waals surface area contributed by atoms with E-state index in [4.69, 9.17) is 13.7 Å². The van der Waals surface area contributed by atoms with E-state index in [-0.39, 0.29) is 23.5 Å². The Balaban J connectivity index is 1.49. The van der Waals surface area contributed by atoms with Crippen molar-refractivity contribution in [3.63, 3.8) is 0 Å². The molecule has 6 nitrogen and oxygen atoms in total. The number of hydrogen-bond acceptors (Lipinski definition) is 6. The molecule has 0 aliphatic heterocycles. The van der Waals surface area contributed by atoms with E-state index in [1.54, 1.807) is 54.6 Å². The Morgan fingerprint density at radius 3 is 2.41 bits per heavy atom. The van der Waals surface area contributed by atoms with Crippen LogP contribution >= 0.6 is 0 Å². The van der Waals surface area contributed by atoms with Gasteiger partial charge in [-0.05, 0) is 25.1 Å². The number of aromatic nitrogens is 1. The quantitative estimate of drug-likeness (QED) is 0.348. The molecule has 0 saturated heterocycles. The highest BCUT2D eigenvalue weighted by atomic mass is 16.5. The first-order chi connectivity index (χ1) is 14.1. The molecular weight excluding hydrogens is 370 g/mol. The molecule has 0 radical (unpaired) electrons. The Morgan fingerprint density at radius 2 is 1.69 bits per heavy atom. The summed E-state index contributed by atoms with van der Waals surface area (Å²) in [5, 5.41) is 3.87. The Hall–Kier alpha value is -3.93. The van der Waals surface area contributed by atoms with Crippen molar-refractivity contribution in [1.29, 1.82) is 0 Å². The van der Waals surface area contributed by atoms with E-state index < -0.39 is 5.97 Å². The summed E-state index contributed by atoms with van der Waals surface area (Å²) in [6.07, 6.45) is 1.53. The van der Waals surface area contributed by atoms with E-state index in [1.165, 1.54) is 6.26 Å². The van der Waals surface area contributed by atoms with E-state index in [1.807, 2.05) is 19.1 Å². The fraction of sp³-hybridized carbons (Fsp3) is 0.0870. The molecule has 2 heterocycles. The maximum atomic E-state index is 12.8. The van der Waals surface area contributed by atoms with Crippen molar-refractivity contribution >= 4 is 11.8 Å². The van der Waals surface area contributed by atoms with Gasteiger partial charge in [0.25, 0.3) is 0 Å². The van der Waals surface area contributed by atoms with Crippen LogP contribution in [-0.2, 0) is 11.3 Å². The summed E-state index contributed by atoms with van der Waals surface area (Å²) in [5.74, 6) is 0.128. The highest BCUT2D eigenvalue weighted by Gasteiger charge is 2.20. The van der Waals surface area contributed by atoms with Gasteiger partial charge in [0.05, 0.1) is 11.8 Å². The second-order valence-electron chi connectivity index (χ2n) is 6.48. The average molecular weight is 387 g/mol. The van der Waals surface area contributed by atoms with Crippen molar-refractivity contribution in [3.05, 3.63) is 101 Å². The lowest BCUT2D eigenvalue weighted by molar-refractivity contribution is 0.0461. The van der Waals surface area contributed by atoms with E-state index in [2.05, 4.69) is 5.16 Å². The zero-order valence-electron chi connectivity index (χ0n) is 15.6. The predicted molar refractivity (Wildman–Crippen MR) is 104 cm³/mol. The number of carbonyl (C=O) groups is 2. The standard InChI is InChI=1S/C23H17NO5/c1-15-8-10-16(11-9-15)22(25)18-5-2-3-6-19(18)23(26)28-14-17-13-21(29-24-17)20-7-4-12-27-20/h2-13H,14H2,1H3. The number of esters is 1. The van der Waals surface area contributed by atoms with Crippen LogP contribution in [0.5, 0.6) is 0 Å². The van der Waals surface area contributed by atoms with Crippen LogP contribution in [0.25, 0.3) is 11.5 Å². The molecule has 4 aromatic rings. The lowest BCUT2D eigenvalue weighted by atomic mass is 9.98. The van der Waals surface area contributed by atoms with Crippen LogP contribution in [0.3, 0.4) is 0 Å². The van der Waals surface area contributed by atoms with Crippen LogP contribution in [0.15, 0.2) is 81.9 Å². The highest BCUT2D eigenvalue weighted by Crippen LogP contribution is 2.21. The molecule has 0 amide bonds. The Kier molecular flexibility index (Phi) is 5.07. The molecule has 29 heavy (non-hydrogen) atoms. The summed E-state index contributed by atoms with van der Waals surface area (Å²) in [6, 6.07) is 18.9. The number of ether oxygens (including phenoxy) is 1. The molecule has 0 atom stereocenters. The molecule has 0 unspecified atom stereocenters. The molecule has 0 aliphatic carbocycles. The van der Waals surface area contributed by atoms with Crippen molar-refractivity contribution < 1.29 is 23.3 Å². The van der Waals surface area contributed by atoms with Crippen LogP contribution in [0, 0.1) is 6.92 Å². The highest BCUT2D eigenvalue weighted by molar-refractivity contribution is 6.14. The summed E-state index contributed by atoms with van der Waals surface area (Å²) in [6.45, 7) is 1.86. The van der Waals surface area contributed by atoms with E-state index in [0.29, 0.717) is 22.8 Å². The summed E-state index contributed by atoms with van der Waals surface area (Å²) in [4.78, 5) is 25.5. The molecule has 0 saturated carbocycles. The van der Waals surface area contributed by atoms with Crippen LogP contribution in [0.4, 0.5) is 0 Å². The number of benzene rings is 2. The van der Waals surface area contributed by atoms with Crippen molar-refractivity contribution in [1.82, 2.24) is 5.16 Å². The van der Waals surface area contributed by atoms with Gasteiger partial charge in [-0.15, -0.1) is 0 Å². The summed E-state index contributed by atoms with van der Waals surface area (Å²) in [7, 11) is 0. The number of nitrogens with zero attached hydrogens (tertiary/aromatic N) is 1. The molecule has 0 N–H and O–H groups in total. The van der Waals surface area contributed by atoms with Gasteiger partial charge in [-0.2, -0.15) is 0 Å². The molecule has 2 aromatic heterocycles. The molecule has 0 fully saturated rings. The lowest BCUT2D eigenvalue weighted by Crippen LogP contribution is -2.12. The largest absolute Gasteiger partial charge is 0.461 e. The fourth-order valence-electron chi connectivity index (χ4n) is 2.85. The van der Waals surface area contributed by atoms with E-state index in [9.17, 15) is 9.59 Å². The fourth-order valence-corrected chi connectivity index (χ4v) is 2.85. The molecule has 6 heteroatoms. The maximum Gasteiger partial charge on any atom is 0.339 e. The zero-order chi connectivity index (χ0) is 20.2. The lowest BCUT2D eigenvalue weighted by Gasteiger charge is -2.08.